The summed E-state index contributed by atoms with van der Waals surface area (Å²) in [6, 6.07) is 2.94. The van der Waals surface area contributed by atoms with Crippen molar-refractivity contribution in [3.63, 3.8) is 0 Å². The molecule has 1 aromatic carbocycles. The molecule has 0 saturated carbocycles. The number of carbonyl (C=O) groups excluding carboxylic acids is 1. The number of hydrogen-bond donors (Lipinski definition) is 0. The molecule has 2 heterocycles. The maximum atomic E-state index is 14.7. The molecule has 1 aliphatic rings. The van der Waals surface area contributed by atoms with E-state index in [-0.39, 0.29) is 17.8 Å². The van der Waals surface area contributed by atoms with E-state index in [0.717, 1.165) is 0 Å². The summed E-state index contributed by atoms with van der Waals surface area (Å²) < 4.78 is 20.4. The van der Waals surface area contributed by atoms with Crippen LogP contribution in [-0.4, -0.2) is 41.6 Å². The summed E-state index contributed by atoms with van der Waals surface area (Å²) in [6.45, 7) is 4.93. The molecule has 3 rings (SSSR count). The number of morpholine rings is 1. The summed E-state index contributed by atoms with van der Waals surface area (Å²) in [7, 11) is 0. The maximum Gasteiger partial charge on any atom is 0.152 e. The van der Waals surface area contributed by atoms with Crippen molar-refractivity contribution >= 4 is 12.0 Å². The third-order valence-corrected chi connectivity index (χ3v) is 3.85. The Bertz CT molecular complexity index is 820. The van der Waals surface area contributed by atoms with Gasteiger partial charge in [0.25, 0.3) is 0 Å². The Hall–Kier alpha value is -2.78. The van der Waals surface area contributed by atoms with E-state index in [4.69, 9.17) is 4.74 Å². The molecule has 25 heavy (non-hydrogen) atoms. The van der Waals surface area contributed by atoms with Crippen LogP contribution in [0.2, 0.25) is 0 Å². The highest BCUT2D eigenvalue weighted by Crippen LogP contribution is 2.28. The average Bonchev–Trinajstić information content (AvgIpc) is 2.59. The number of halogens is 1. The van der Waals surface area contributed by atoms with Crippen LogP contribution in [0.5, 0.6) is 0 Å². The number of aldehydes is 1. The molecule has 1 saturated heterocycles. The van der Waals surface area contributed by atoms with E-state index >= 15 is 0 Å². The zero-order chi connectivity index (χ0) is 17.8. The van der Waals surface area contributed by atoms with Crippen molar-refractivity contribution in [2.24, 2.45) is 0 Å². The largest absolute Gasteiger partial charge is 0.372 e. The molecular weight excluding hydrogens is 321 g/mol. The molecule has 0 amide bonds. The third-order valence-electron chi connectivity index (χ3n) is 3.85. The summed E-state index contributed by atoms with van der Waals surface area (Å²) in [6.07, 6.45) is 5.21. The van der Waals surface area contributed by atoms with Crippen LogP contribution in [-0.2, 0) is 4.74 Å². The normalized spacial score (nSPS) is 19.9. The molecule has 5 nitrogen and oxygen atoms in total. The molecule has 0 radical (unpaired) electrons. The van der Waals surface area contributed by atoms with E-state index in [1.54, 1.807) is 12.3 Å². The SMILES string of the molecule is CC1CN(c2c(F)cc(C#Cc3cnccn3)cc2C=O)CC(C)O1. The van der Waals surface area contributed by atoms with Crippen LogP contribution < -0.4 is 4.90 Å². The van der Waals surface area contributed by atoms with E-state index in [0.29, 0.717) is 36.3 Å². The summed E-state index contributed by atoms with van der Waals surface area (Å²) in [5, 5.41) is 0. The van der Waals surface area contributed by atoms with E-state index in [9.17, 15) is 9.18 Å². The van der Waals surface area contributed by atoms with Crippen molar-refractivity contribution in [1.82, 2.24) is 9.97 Å². The highest BCUT2D eigenvalue weighted by molar-refractivity contribution is 5.86. The number of aromatic nitrogens is 2. The van der Waals surface area contributed by atoms with Crippen molar-refractivity contribution in [2.75, 3.05) is 18.0 Å². The second-order valence-corrected chi connectivity index (χ2v) is 6.02. The Balaban J connectivity index is 1.94. The van der Waals surface area contributed by atoms with E-state index in [2.05, 4.69) is 21.8 Å². The van der Waals surface area contributed by atoms with Gasteiger partial charge in [-0.15, -0.1) is 0 Å². The van der Waals surface area contributed by atoms with Gasteiger partial charge in [0.15, 0.2) is 6.29 Å². The van der Waals surface area contributed by atoms with Gasteiger partial charge in [0.05, 0.1) is 24.1 Å². The van der Waals surface area contributed by atoms with Gasteiger partial charge >= 0.3 is 0 Å². The zero-order valence-electron chi connectivity index (χ0n) is 14.1. The number of anilines is 1. The van der Waals surface area contributed by atoms with Gasteiger partial charge in [-0.3, -0.25) is 9.78 Å². The number of ether oxygens (including phenoxy) is 1. The van der Waals surface area contributed by atoms with Crippen LogP contribution >= 0.6 is 0 Å². The second kappa shape index (κ2) is 7.41. The number of carbonyl (C=O) groups is 1. The van der Waals surface area contributed by atoms with Gasteiger partial charge in [-0.2, -0.15) is 0 Å². The average molecular weight is 339 g/mol. The molecule has 0 aliphatic carbocycles. The lowest BCUT2D eigenvalue weighted by atomic mass is 10.1. The van der Waals surface area contributed by atoms with Crippen molar-refractivity contribution in [3.05, 3.63) is 53.4 Å². The second-order valence-electron chi connectivity index (χ2n) is 6.02. The van der Waals surface area contributed by atoms with Gasteiger partial charge in [-0.1, -0.05) is 5.92 Å². The highest BCUT2D eigenvalue weighted by Gasteiger charge is 2.26. The van der Waals surface area contributed by atoms with Gasteiger partial charge in [0.1, 0.15) is 11.5 Å². The number of nitrogens with zero attached hydrogens (tertiary/aromatic N) is 3. The smallest absolute Gasteiger partial charge is 0.152 e. The van der Waals surface area contributed by atoms with Crippen LogP contribution in [0.1, 0.15) is 35.5 Å². The van der Waals surface area contributed by atoms with Crippen LogP contribution in [0.25, 0.3) is 0 Å². The number of rotatable bonds is 2. The van der Waals surface area contributed by atoms with Crippen LogP contribution in [0.15, 0.2) is 30.7 Å². The molecule has 0 spiro atoms. The fraction of sp³-hybridized carbons (Fsp3) is 0.316. The van der Waals surface area contributed by atoms with Crippen LogP contribution in [0.3, 0.4) is 0 Å². The first kappa shape index (κ1) is 17.1. The van der Waals surface area contributed by atoms with Crippen LogP contribution in [0, 0.1) is 17.7 Å². The molecule has 6 heteroatoms. The maximum absolute atomic E-state index is 14.7. The quantitative estimate of drug-likeness (QED) is 0.621. The summed E-state index contributed by atoms with van der Waals surface area (Å²) in [5.74, 6) is 5.18. The first-order chi connectivity index (χ1) is 12.1. The first-order valence-corrected chi connectivity index (χ1v) is 8.04. The molecular formula is C19H18FN3O2. The predicted molar refractivity (Wildman–Crippen MR) is 92.0 cm³/mol. The van der Waals surface area contributed by atoms with Crippen molar-refractivity contribution in [3.8, 4) is 11.8 Å². The zero-order valence-corrected chi connectivity index (χ0v) is 14.1. The first-order valence-electron chi connectivity index (χ1n) is 8.04. The Morgan fingerprint density at radius 2 is 2.00 bits per heavy atom. The number of hydrogen-bond acceptors (Lipinski definition) is 5. The van der Waals surface area contributed by atoms with Gasteiger partial charge in [-0.05, 0) is 31.9 Å². The van der Waals surface area contributed by atoms with Crippen molar-refractivity contribution < 1.29 is 13.9 Å². The molecule has 2 atom stereocenters. The third kappa shape index (κ3) is 4.01. The Kier molecular flexibility index (Phi) is 5.05. The van der Waals surface area contributed by atoms with Crippen molar-refractivity contribution in [1.29, 1.82) is 0 Å². The fourth-order valence-electron chi connectivity index (χ4n) is 2.98. The topological polar surface area (TPSA) is 55.3 Å². The molecule has 1 fully saturated rings. The highest BCUT2D eigenvalue weighted by atomic mass is 19.1. The summed E-state index contributed by atoms with van der Waals surface area (Å²) >= 11 is 0. The molecule has 2 aromatic rings. The lowest BCUT2D eigenvalue weighted by molar-refractivity contribution is -0.00543. The van der Waals surface area contributed by atoms with Gasteiger partial charge < -0.3 is 9.64 Å². The van der Waals surface area contributed by atoms with Crippen LogP contribution in [0.4, 0.5) is 10.1 Å². The monoisotopic (exact) mass is 339 g/mol. The predicted octanol–water partition coefficient (Wildman–Crippen LogP) is 2.44. The minimum atomic E-state index is -0.464. The molecule has 1 aliphatic heterocycles. The number of benzene rings is 1. The molecule has 0 N–H and O–H groups in total. The Morgan fingerprint density at radius 3 is 2.64 bits per heavy atom. The molecule has 1 aromatic heterocycles. The lowest BCUT2D eigenvalue weighted by Gasteiger charge is -2.37. The Morgan fingerprint density at radius 1 is 1.24 bits per heavy atom. The summed E-state index contributed by atoms with van der Waals surface area (Å²) in [5.41, 5.74) is 1.49. The minimum Gasteiger partial charge on any atom is -0.372 e. The standard InChI is InChI=1S/C19H18FN3O2/c1-13-10-23(11-14(2)25-13)19-16(12-24)7-15(8-18(19)20)3-4-17-9-21-5-6-22-17/h5-9,12-14H,10-11H2,1-2H3. The molecule has 2 unspecified atom stereocenters. The van der Waals surface area contributed by atoms with Gasteiger partial charge in [-0.25, -0.2) is 9.37 Å². The van der Waals surface area contributed by atoms with Gasteiger partial charge in [0.2, 0.25) is 0 Å². The van der Waals surface area contributed by atoms with Gasteiger partial charge in [0, 0.05) is 36.6 Å². The minimum absolute atomic E-state index is 0.0289. The van der Waals surface area contributed by atoms with E-state index in [1.165, 1.54) is 18.5 Å². The van der Waals surface area contributed by atoms with Crippen molar-refractivity contribution in [2.45, 2.75) is 26.1 Å². The Labute approximate surface area is 145 Å². The van der Waals surface area contributed by atoms with E-state index in [1.807, 2.05) is 18.7 Å². The summed E-state index contributed by atoms with van der Waals surface area (Å²) in [4.78, 5) is 21.3. The lowest BCUT2D eigenvalue weighted by Crippen LogP contribution is -2.46. The fourth-order valence-corrected chi connectivity index (χ4v) is 2.98. The molecule has 128 valence electrons. The van der Waals surface area contributed by atoms with E-state index < -0.39 is 5.82 Å². The molecule has 0 bridgehead atoms.